The fourth-order valence-corrected chi connectivity index (χ4v) is 3.03. The largest absolute Gasteiger partial charge is 0.389 e. The lowest BCUT2D eigenvalue weighted by Crippen LogP contribution is -2.62. The van der Waals surface area contributed by atoms with Gasteiger partial charge in [-0.2, -0.15) is 0 Å². The van der Waals surface area contributed by atoms with Crippen molar-refractivity contribution in [1.82, 2.24) is 4.90 Å². The molecule has 2 aliphatic heterocycles. The quantitative estimate of drug-likeness (QED) is 0.275. The lowest BCUT2D eigenvalue weighted by Gasteiger charge is -2.46. The number of hydrogen-bond acceptors (Lipinski definition) is 6. The van der Waals surface area contributed by atoms with Crippen molar-refractivity contribution >= 4 is 12.2 Å². The van der Waals surface area contributed by atoms with Crippen molar-refractivity contribution in [3.8, 4) is 0 Å². The second kappa shape index (κ2) is 8.47. The highest BCUT2D eigenvalue weighted by Gasteiger charge is 2.51. The lowest BCUT2D eigenvalue weighted by atomic mass is 9.92. The van der Waals surface area contributed by atoms with Crippen LogP contribution >= 0.6 is 0 Å². The Labute approximate surface area is 156 Å². The molecule has 1 amide bonds. The highest BCUT2D eigenvalue weighted by molar-refractivity contribution is 5.88. The first kappa shape index (κ1) is 19.3. The number of aliphatic hydroxyl groups excluding tert-OH is 1. The van der Waals surface area contributed by atoms with E-state index in [0.29, 0.717) is 0 Å². The molecule has 27 heavy (non-hydrogen) atoms. The molecule has 0 saturated carbocycles. The molecule has 1 unspecified atom stereocenters. The molecule has 0 aromatic heterocycles. The summed E-state index contributed by atoms with van der Waals surface area (Å²) < 4.78 is 17.3. The van der Waals surface area contributed by atoms with E-state index in [0.717, 1.165) is 5.56 Å². The minimum Gasteiger partial charge on any atom is -0.389 e. The Morgan fingerprint density at radius 3 is 2.74 bits per heavy atom. The fraction of sp³-hybridized carbons (Fsp3) is 0.529. The maximum absolute atomic E-state index is 12.3. The van der Waals surface area contributed by atoms with Crippen LogP contribution in [0, 0.1) is 0 Å². The maximum atomic E-state index is 12.3. The number of aliphatic hydroxyl groups is 1. The number of rotatable bonds is 4. The smallest absolute Gasteiger partial charge is 0.278 e. The third kappa shape index (κ3) is 4.26. The lowest BCUT2D eigenvalue weighted by molar-refractivity contribution is -0.302. The molecular weight excluding hydrogens is 354 g/mol. The van der Waals surface area contributed by atoms with Crippen LogP contribution in [0.5, 0.6) is 0 Å². The van der Waals surface area contributed by atoms with E-state index >= 15 is 0 Å². The van der Waals surface area contributed by atoms with Gasteiger partial charge in [-0.25, -0.2) is 4.99 Å². The van der Waals surface area contributed by atoms with Crippen LogP contribution in [0.4, 0.5) is 0 Å². The minimum absolute atomic E-state index is 0.121. The van der Waals surface area contributed by atoms with Crippen molar-refractivity contribution < 1.29 is 24.1 Å². The molecule has 6 atom stereocenters. The third-order valence-electron chi connectivity index (χ3n) is 4.29. The van der Waals surface area contributed by atoms with E-state index in [-0.39, 0.29) is 6.61 Å². The zero-order valence-electron chi connectivity index (χ0n) is 15.0. The van der Waals surface area contributed by atoms with Crippen LogP contribution in [-0.2, 0) is 19.0 Å². The number of azide groups is 1. The first-order chi connectivity index (χ1) is 13.0. The van der Waals surface area contributed by atoms with Crippen molar-refractivity contribution in [3.05, 3.63) is 46.3 Å². The van der Waals surface area contributed by atoms with Crippen molar-refractivity contribution in [3.63, 3.8) is 0 Å². The van der Waals surface area contributed by atoms with Gasteiger partial charge in [0, 0.05) is 24.6 Å². The molecule has 1 aromatic carbocycles. The second-order valence-electron chi connectivity index (χ2n) is 6.50. The Kier molecular flexibility index (Phi) is 6.04. The average Bonchev–Trinajstić information content (AvgIpc) is 2.68. The average molecular weight is 375 g/mol. The molecule has 10 nitrogen and oxygen atoms in total. The minimum atomic E-state index is -1.39. The van der Waals surface area contributed by atoms with Crippen molar-refractivity contribution in [2.45, 2.75) is 36.7 Å². The molecule has 1 N–H and O–H groups in total. The molecule has 0 radical (unpaired) electrons. The Bertz CT molecular complexity index is 736. The SMILES string of the molecule is CN(C)C=NC(=O)[C@@H]1O[C@@H]2COC(c3ccccc3)O[C@@H]2[C@H](N=[N+]=[N-])[C@H]1O. The number of hydrogen-bond donors (Lipinski definition) is 1. The molecule has 3 rings (SSSR count). The number of aliphatic imine (C=N–C) groups is 1. The van der Waals surface area contributed by atoms with E-state index < -0.39 is 42.7 Å². The molecule has 0 bridgehead atoms. The normalized spacial score (nSPS) is 33.1. The molecule has 10 heteroatoms. The molecular formula is C17H21N5O5. The zero-order valence-corrected chi connectivity index (χ0v) is 15.0. The molecule has 2 aliphatic rings. The van der Waals surface area contributed by atoms with Crippen LogP contribution in [0.3, 0.4) is 0 Å². The van der Waals surface area contributed by atoms with Gasteiger partial charge >= 0.3 is 0 Å². The highest BCUT2D eigenvalue weighted by Crippen LogP contribution is 2.35. The number of fused-ring (bicyclic) bond motifs is 1. The summed E-state index contributed by atoms with van der Waals surface area (Å²) in [6.45, 7) is 0.121. The first-order valence-electron chi connectivity index (χ1n) is 8.45. The van der Waals surface area contributed by atoms with Gasteiger partial charge < -0.3 is 24.2 Å². The van der Waals surface area contributed by atoms with E-state index in [9.17, 15) is 9.90 Å². The van der Waals surface area contributed by atoms with Crippen LogP contribution in [0.25, 0.3) is 10.4 Å². The van der Waals surface area contributed by atoms with E-state index in [1.165, 1.54) is 6.34 Å². The second-order valence-corrected chi connectivity index (χ2v) is 6.50. The molecule has 0 aliphatic carbocycles. The van der Waals surface area contributed by atoms with Crippen LogP contribution in [0.2, 0.25) is 0 Å². The Morgan fingerprint density at radius 1 is 1.33 bits per heavy atom. The number of ether oxygens (including phenoxy) is 3. The summed E-state index contributed by atoms with van der Waals surface area (Å²) in [5, 5.41) is 14.2. The summed E-state index contributed by atoms with van der Waals surface area (Å²) in [4.78, 5) is 20.4. The van der Waals surface area contributed by atoms with E-state index in [1.807, 2.05) is 30.3 Å². The summed E-state index contributed by atoms with van der Waals surface area (Å²) in [5.74, 6) is -0.669. The molecule has 2 fully saturated rings. The summed E-state index contributed by atoms with van der Waals surface area (Å²) >= 11 is 0. The first-order valence-corrected chi connectivity index (χ1v) is 8.45. The number of amides is 1. The van der Waals surface area contributed by atoms with Gasteiger partial charge in [0.15, 0.2) is 12.4 Å². The van der Waals surface area contributed by atoms with Gasteiger partial charge in [-0.05, 0) is 5.53 Å². The predicted molar refractivity (Wildman–Crippen MR) is 94.8 cm³/mol. The number of benzene rings is 1. The Hall–Kier alpha value is -2.49. The van der Waals surface area contributed by atoms with Crippen LogP contribution < -0.4 is 0 Å². The van der Waals surface area contributed by atoms with Gasteiger partial charge in [0.25, 0.3) is 5.91 Å². The van der Waals surface area contributed by atoms with Crippen LogP contribution in [-0.4, -0.2) is 73.4 Å². The number of carbonyl (C=O) groups is 1. The van der Waals surface area contributed by atoms with E-state index in [1.54, 1.807) is 19.0 Å². The number of nitrogens with zero attached hydrogens (tertiary/aromatic N) is 5. The predicted octanol–water partition coefficient (Wildman–Crippen LogP) is 1.02. The third-order valence-corrected chi connectivity index (χ3v) is 4.29. The zero-order chi connectivity index (χ0) is 19.4. The maximum Gasteiger partial charge on any atom is 0.278 e. The molecule has 144 valence electrons. The summed E-state index contributed by atoms with van der Waals surface area (Å²) in [7, 11) is 3.42. The van der Waals surface area contributed by atoms with E-state index in [2.05, 4.69) is 15.0 Å². The Morgan fingerprint density at radius 2 is 2.07 bits per heavy atom. The fourth-order valence-electron chi connectivity index (χ4n) is 3.03. The van der Waals surface area contributed by atoms with Crippen molar-refractivity contribution in [2.75, 3.05) is 20.7 Å². The molecule has 2 saturated heterocycles. The van der Waals surface area contributed by atoms with Crippen LogP contribution in [0.1, 0.15) is 11.9 Å². The highest BCUT2D eigenvalue weighted by atomic mass is 16.7. The number of carbonyl (C=O) groups excluding carboxylic acids is 1. The Balaban J connectivity index is 1.80. The van der Waals surface area contributed by atoms with Gasteiger partial charge in [0.2, 0.25) is 0 Å². The summed E-state index contributed by atoms with van der Waals surface area (Å²) in [5.41, 5.74) is 9.70. The summed E-state index contributed by atoms with van der Waals surface area (Å²) in [6.07, 6.45) is -3.45. The topological polar surface area (TPSA) is 129 Å². The van der Waals surface area contributed by atoms with Gasteiger partial charge in [-0.3, -0.25) is 4.79 Å². The van der Waals surface area contributed by atoms with Gasteiger partial charge in [-0.1, -0.05) is 35.4 Å². The molecule has 2 heterocycles. The van der Waals surface area contributed by atoms with Crippen molar-refractivity contribution in [1.29, 1.82) is 0 Å². The molecule has 1 aromatic rings. The van der Waals surface area contributed by atoms with Gasteiger partial charge in [0.05, 0.1) is 19.0 Å². The standard InChI is InChI=1S/C17H21N5O5/c1-22(2)9-19-16(24)15-13(23)12(20-21-18)14-11(26-15)8-25-17(27-14)10-6-4-3-5-7-10/h3-7,9,11-15,17,23H,8H2,1-2H3/t11-,12-,13-,14+,15-,17?/m1/s1. The molecule has 0 spiro atoms. The monoisotopic (exact) mass is 375 g/mol. The van der Waals surface area contributed by atoms with Gasteiger partial charge in [0.1, 0.15) is 18.3 Å². The van der Waals surface area contributed by atoms with Gasteiger partial charge in [-0.15, -0.1) is 0 Å². The summed E-state index contributed by atoms with van der Waals surface area (Å²) in [6, 6.07) is 8.25. The van der Waals surface area contributed by atoms with E-state index in [4.69, 9.17) is 19.7 Å². The van der Waals surface area contributed by atoms with Crippen molar-refractivity contribution in [2.24, 2.45) is 10.1 Å². The van der Waals surface area contributed by atoms with Crippen LogP contribution in [0.15, 0.2) is 40.4 Å².